The molecular weight excluding hydrogens is 236 g/mol. The van der Waals surface area contributed by atoms with Crippen LogP contribution in [0.5, 0.6) is 0 Å². The molecule has 3 rings (SSSR count). The van der Waals surface area contributed by atoms with Crippen LogP contribution in [-0.2, 0) is 4.74 Å². The normalized spacial score (nSPS) is 35.2. The molecule has 1 aromatic heterocycles. The van der Waals surface area contributed by atoms with Crippen LogP contribution in [0.2, 0.25) is 0 Å². The molecule has 3 atom stereocenters. The van der Waals surface area contributed by atoms with E-state index in [1.54, 1.807) is 12.4 Å². The maximum absolute atomic E-state index is 10.3. The Balaban J connectivity index is 1.71. The minimum Gasteiger partial charge on any atom is -0.385 e. The summed E-state index contributed by atoms with van der Waals surface area (Å²) in [6.07, 6.45) is 5.99. The van der Waals surface area contributed by atoms with Gasteiger partial charge in [0.15, 0.2) is 0 Å². The van der Waals surface area contributed by atoms with Crippen molar-refractivity contribution >= 4 is 11.8 Å². The first-order chi connectivity index (χ1) is 8.29. The van der Waals surface area contributed by atoms with Crippen LogP contribution in [0.25, 0.3) is 0 Å². The lowest BCUT2D eigenvalue weighted by atomic mass is 9.82. The quantitative estimate of drug-likeness (QED) is 0.844. The summed E-state index contributed by atoms with van der Waals surface area (Å²) >= 11 is 1.96. The number of rotatable bonds is 2. The number of aliphatic hydroxyl groups excluding tert-OH is 1. The number of aromatic amines is 1. The molecule has 4 nitrogen and oxygen atoms in total. The summed E-state index contributed by atoms with van der Waals surface area (Å²) < 4.78 is 5.96. The summed E-state index contributed by atoms with van der Waals surface area (Å²) in [6.45, 7) is 0.767. The SMILES string of the molecule is OC(c1ncc[nH]1)C1CCOC2(CCSC2)C1. The second kappa shape index (κ2) is 4.63. The Labute approximate surface area is 105 Å². The molecule has 0 radical (unpaired) electrons. The van der Waals surface area contributed by atoms with Gasteiger partial charge in [-0.3, -0.25) is 0 Å². The smallest absolute Gasteiger partial charge is 0.135 e. The van der Waals surface area contributed by atoms with Gasteiger partial charge >= 0.3 is 0 Å². The molecule has 0 aliphatic carbocycles. The second-order valence-corrected chi connectivity index (χ2v) is 6.11. The molecule has 2 fully saturated rings. The van der Waals surface area contributed by atoms with Crippen LogP contribution in [0.15, 0.2) is 12.4 Å². The molecule has 2 aliphatic rings. The summed E-state index contributed by atoms with van der Waals surface area (Å²) in [5, 5.41) is 10.3. The zero-order valence-corrected chi connectivity index (χ0v) is 10.6. The predicted molar refractivity (Wildman–Crippen MR) is 66.9 cm³/mol. The Bertz CT molecular complexity index is 363. The molecule has 3 unspecified atom stereocenters. The number of H-pyrrole nitrogens is 1. The molecule has 94 valence electrons. The molecule has 1 aromatic rings. The molecule has 1 spiro atoms. The molecule has 5 heteroatoms. The third-order valence-electron chi connectivity index (χ3n) is 3.84. The number of aromatic nitrogens is 2. The fourth-order valence-electron chi connectivity index (χ4n) is 2.86. The molecule has 2 N–H and O–H groups in total. The van der Waals surface area contributed by atoms with E-state index in [9.17, 15) is 5.11 Å². The van der Waals surface area contributed by atoms with Crippen molar-refractivity contribution < 1.29 is 9.84 Å². The van der Waals surface area contributed by atoms with Gasteiger partial charge in [0.05, 0.1) is 5.60 Å². The van der Waals surface area contributed by atoms with Crippen molar-refractivity contribution in [2.45, 2.75) is 31.0 Å². The molecule has 0 aromatic carbocycles. The molecule has 0 bridgehead atoms. The van der Waals surface area contributed by atoms with Gasteiger partial charge in [-0.15, -0.1) is 0 Å². The number of aliphatic hydroxyl groups is 1. The van der Waals surface area contributed by atoms with Gasteiger partial charge in [0.2, 0.25) is 0 Å². The van der Waals surface area contributed by atoms with E-state index in [1.165, 1.54) is 5.75 Å². The highest BCUT2D eigenvalue weighted by Gasteiger charge is 2.42. The molecular formula is C12H18N2O2S. The largest absolute Gasteiger partial charge is 0.385 e. The average molecular weight is 254 g/mol. The number of nitrogens with one attached hydrogen (secondary N) is 1. The maximum atomic E-state index is 10.3. The van der Waals surface area contributed by atoms with Crippen LogP contribution in [0.1, 0.15) is 31.2 Å². The van der Waals surface area contributed by atoms with E-state index in [1.807, 2.05) is 11.8 Å². The van der Waals surface area contributed by atoms with E-state index >= 15 is 0 Å². The number of imidazole rings is 1. The average Bonchev–Trinajstić information content (AvgIpc) is 3.00. The van der Waals surface area contributed by atoms with E-state index in [4.69, 9.17) is 4.74 Å². The van der Waals surface area contributed by atoms with Crippen molar-refractivity contribution in [2.24, 2.45) is 5.92 Å². The molecule has 2 aliphatic heterocycles. The number of nitrogens with zero attached hydrogens (tertiary/aromatic N) is 1. The maximum Gasteiger partial charge on any atom is 0.135 e. The topological polar surface area (TPSA) is 58.1 Å². The zero-order valence-electron chi connectivity index (χ0n) is 9.76. The minimum atomic E-state index is -0.476. The Morgan fingerprint density at radius 1 is 1.65 bits per heavy atom. The Kier molecular flexibility index (Phi) is 3.15. The van der Waals surface area contributed by atoms with E-state index in [0.717, 1.165) is 31.6 Å². The fraction of sp³-hybridized carbons (Fsp3) is 0.750. The second-order valence-electron chi connectivity index (χ2n) is 5.01. The minimum absolute atomic E-state index is 0.0289. The highest BCUT2D eigenvalue weighted by atomic mass is 32.2. The number of ether oxygens (including phenoxy) is 1. The summed E-state index contributed by atoms with van der Waals surface area (Å²) in [4.78, 5) is 7.16. The Morgan fingerprint density at radius 3 is 3.29 bits per heavy atom. The molecule has 17 heavy (non-hydrogen) atoms. The van der Waals surface area contributed by atoms with E-state index in [2.05, 4.69) is 9.97 Å². The van der Waals surface area contributed by atoms with Gasteiger partial charge in [0.1, 0.15) is 11.9 Å². The van der Waals surface area contributed by atoms with Crippen LogP contribution < -0.4 is 0 Å². The van der Waals surface area contributed by atoms with Crippen molar-refractivity contribution in [2.75, 3.05) is 18.1 Å². The summed E-state index contributed by atoms with van der Waals surface area (Å²) in [7, 11) is 0. The van der Waals surface area contributed by atoms with E-state index < -0.39 is 6.10 Å². The van der Waals surface area contributed by atoms with Crippen molar-refractivity contribution in [1.82, 2.24) is 9.97 Å². The van der Waals surface area contributed by atoms with Gasteiger partial charge in [-0.1, -0.05) is 0 Å². The van der Waals surface area contributed by atoms with Crippen LogP contribution >= 0.6 is 11.8 Å². The standard InChI is InChI=1S/C12H18N2O2S/c15-10(11-13-3-4-14-11)9-1-5-16-12(7-9)2-6-17-8-12/h3-4,9-10,15H,1-2,5-8H2,(H,13,14). The third-order valence-corrected chi connectivity index (χ3v) is 5.07. The fourth-order valence-corrected chi connectivity index (χ4v) is 4.24. The van der Waals surface area contributed by atoms with Crippen molar-refractivity contribution in [3.63, 3.8) is 0 Å². The van der Waals surface area contributed by atoms with Gasteiger partial charge in [0, 0.05) is 24.8 Å². The van der Waals surface area contributed by atoms with E-state index in [-0.39, 0.29) is 11.5 Å². The lowest BCUT2D eigenvalue weighted by Crippen LogP contribution is -2.41. The Hall–Kier alpha value is -0.520. The molecule has 0 saturated carbocycles. The summed E-state index contributed by atoms with van der Waals surface area (Å²) in [5.74, 6) is 3.23. The number of thioether (sulfide) groups is 1. The molecule has 2 saturated heterocycles. The summed E-state index contributed by atoms with van der Waals surface area (Å²) in [6, 6.07) is 0. The highest BCUT2D eigenvalue weighted by molar-refractivity contribution is 7.99. The number of hydrogen-bond acceptors (Lipinski definition) is 4. The van der Waals surface area contributed by atoms with Gasteiger partial charge in [0.25, 0.3) is 0 Å². The van der Waals surface area contributed by atoms with Crippen LogP contribution in [-0.4, -0.2) is 38.8 Å². The van der Waals surface area contributed by atoms with Gasteiger partial charge in [-0.05, 0) is 30.9 Å². The number of hydrogen-bond donors (Lipinski definition) is 2. The highest BCUT2D eigenvalue weighted by Crippen LogP contribution is 2.43. The van der Waals surface area contributed by atoms with Gasteiger partial charge < -0.3 is 14.8 Å². The Morgan fingerprint density at radius 2 is 2.59 bits per heavy atom. The lowest BCUT2D eigenvalue weighted by Gasteiger charge is -2.39. The van der Waals surface area contributed by atoms with Gasteiger partial charge in [-0.2, -0.15) is 11.8 Å². The van der Waals surface area contributed by atoms with Crippen LogP contribution in [0, 0.1) is 5.92 Å². The van der Waals surface area contributed by atoms with Crippen LogP contribution in [0.4, 0.5) is 0 Å². The summed E-state index contributed by atoms with van der Waals surface area (Å²) in [5.41, 5.74) is 0.0289. The molecule has 3 heterocycles. The van der Waals surface area contributed by atoms with Crippen molar-refractivity contribution in [1.29, 1.82) is 0 Å². The monoisotopic (exact) mass is 254 g/mol. The lowest BCUT2D eigenvalue weighted by molar-refractivity contribution is -0.103. The third kappa shape index (κ3) is 2.23. The zero-order chi connectivity index (χ0) is 11.7. The molecule has 0 amide bonds. The first kappa shape index (κ1) is 11.6. The predicted octanol–water partition coefficient (Wildman–Crippen LogP) is 1.75. The van der Waals surface area contributed by atoms with Gasteiger partial charge in [-0.25, -0.2) is 4.98 Å². The van der Waals surface area contributed by atoms with Crippen LogP contribution in [0.3, 0.4) is 0 Å². The first-order valence-corrected chi connectivity index (χ1v) is 7.34. The van der Waals surface area contributed by atoms with Crippen molar-refractivity contribution in [3.05, 3.63) is 18.2 Å². The van der Waals surface area contributed by atoms with E-state index in [0.29, 0.717) is 5.82 Å². The van der Waals surface area contributed by atoms with Crippen molar-refractivity contribution in [3.8, 4) is 0 Å². The first-order valence-electron chi connectivity index (χ1n) is 6.18.